The Morgan fingerprint density at radius 1 is 0.711 bits per heavy atom. The number of methoxy groups -OCH3 is 2. The Morgan fingerprint density at radius 3 is 1.96 bits per heavy atom. The molecule has 3 saturated heterocycles. The zero-order valence-corrected chi connectivity index (χ0v) is 42.4. The van der Waals surface area contributed by atoms with Crippen LogP contribution >= 0.6 is 31.3 Å². The molecule has 0 bridgehead atoms. The van der Waals surface area contributed by atoms with Gasteiger partial charge in [-0.3, -0.25) is 41.6 Å². The van der Waals surface area contributed by atoms with Crippen LogP contribution in [0.2, 0.25) is 0 Å². The van der Waals surface area contributed by atoms with Gasteiger partial charge in [-0.25, -0.2) is 47.7 Å². The van der Waals surface area contributed by atoms with E-state index in [1.807, 2.05) is 0 Å². The van der Waals surface area contributed by atoms with Crippen LogP contribution in [0.25, 0.3) is 33.5 Å². The van der Waals surface area contributed by atoms with Crippen LogP contribution < -0.4 is 32.4 Å². The number of aromatic nitrogens is 12. The number of hydrogen-bond acceptors (Lipinski definition) is 30. The molecular weight excluding hydrogens is 1110 g/mol. The number of aliphatic hydroxyl groups excluding tert-OH is 3. The minimum atomic E-state index is -6.18. The molecule has 6 aromatic rings. The molecule has 416 valence electrons. The minimum Gasteiger partial charge on any atom is -0.856 e. The summed E-state index contributed by atoms with van der Waals surface area (Å²) in [5.74, 6) is -1.55. The van der Waals surface area contributed by atoms with Crippen LogP contribution in [0.1, 0.15) is 18.7 Å². The summed E-state index contributed by atoms with van der Waals surface area (Å²) >= 11 is 0. The van der Waals surface area contributed by atoms with Gasteiger partial charge in [-0.1, -0.05) is 4.98 Å². The van der Waals surface area contributed by atoms with Crippen molar-refractivity contribution in [2.75, 3.05) is 51.2 Å². The van der Waals surface area contributed by atoms with E-state index >= 15 is 0 Å². The lowest BCUT2D eigenvalue weighted by molar-refractivity contribution is -0.745. The molecule has 9 rings (SSSR count). The summed E-state index contributed by atoms with van der Waals surface area (Å²) in [6, 6.07) is 0. The molecule has 0 amide bonds. The summed E-state index contributed by atoms with van der Waals surface area (Å²) in [4.78, 5) is 84.7. The number of nitrogens with two attached hydrogens (primary N) is 3. The number of aliphatic hydroxyl groups is 3. The number of hydrogen-bond donors (Lipinski definition) is 11. The highest BCUT2D eigenvalue weighted by Gasteiger charge is 2.54. The summed E-state index contributed by atoms with van der Waals surface area (Å²) in [6.07, 6.45) is -14.6. The molecule has 3 fully saturated rings. The van der Waals surface area contributed by atoms with E-state index in [1.165, 1.54) is 27.1 Å². The lowest BCUT2D eigenvalue weighted by atomic mass is 10.1. The van der Waals surface area contributed by atoms with Crippen molar-refractivity contribution in [1.82, 2.24) is 53.6 Å². The number of ether oxygens (including phenoxy) is 5. The second-order valence-corrected chi connectivity index (χ2v) is 22.7. The van der Waals surface area contributed by atoms with Gasteiger partial charge in [0.2, 0.25) is 12.2 Å². The maximum Gasteiger partial charge on any atom is 0.490 e. The Labute approximate surface area is 422 Å². The van der Waals surface area contributed by atoms with Crippen molar-refractivity contribution in [3.05, 3.63) is 35.7 Å². The summed E-state index contributed by atoms with van der Waals surface area (Å²) in [6.45, 7) is -3.25. The third-order valence-electron chi connectivity index (χ3n) is 11.8. The first-order chi connectivity index (χ1) is 35.7. The van der Waals surface area contributed by atoms with Gasteiger partial charge in [-0.05, 0) is 0 Å². The molecule has 3 aliphatic heterocycles. The largest absolute Gasteiger partial charge is 0.856 e. The third kappa shape index (κ3) is 11.0. The molecule has 0 saturated carbocycles. The number of anilines is 3. The lowest BCUT2D eigenvalue weighted by Gasteiger charge is -2.26. The van der Waals surface area contributed by atoms with Crippen molar-refractivity contribution in [1.29, 1.82) is 0 Å². The Hall–Kier alpha value is -5.15. The van der Waals surface area contributed by atoms with E-state index in [2.05, 4.69) is 48.5 Å². The molecule has 76 heavy (non-hydrogen) atoms. The van der Waals surface area contributed by atoms with Gasteiger partial charge in [0.15, 0.2) is 46.9 Å². The monoisotopic (exact) mass is 1160 g/mol. The number of phosphoric acid groups is 4. The highest BCUT2D eigenvalue weighted by molar-refractivity contribution is 7.66. The average molecular weight is 1160 g/mol. The highest BCUT2D eigenvalue weighted by atomic mass is 31.3. The van der Waals surface area contributed by atoms with Gasteiger partial charge in [0.25, 0.3) is 11.5 Å². The molecule has 39 nitrogen and oxygen atoms in total. The molecule has 3 aliphatic rings. The standard InChI is InChI=1S/C33H45N15O24P4/c1-45-10-48(26-16(45)28(53)44-33(36)42-26)30-19(51)20(62-2)12(68-30)5-65-74(56,57)71-76(60,61)72-75(58,59)66-6-13-21(22(63-3)31(69-13)46-8-39-14-23(34)37-7-38-24(14)46)70-73(54,55)64-4-11-17(49)18(50)29(67-11)47-9-40-15-25(47)41-32(35)43-27(15)52/h7-13,17-22,29-31,49-51H,4-6H2,1-3H3,(H11-,34,35,36,37,38,41,42,43,44,52,53,54,55,56,57,58,59,60,61)/t11-,12-,13-,17-,18-,19-,20-,21-,22-,29-,30-,31-/m1/s1. The summed E-state index contributed by atoms with van der Waals surface area (Å²) < 4.78 is 115. The number of rotatable bonds is 20. The fourth-order valence-electron chi connectivity index (χ4n) is 8.52. The number of aryl methyl sites for hydroxylation is 1. The van der Waals surface area contributed by atoms with Crippen molar-refractivity contribution >= 4 is 82.5 Å². The highest BCUT2D eigenvalue weighted by Crippen LogP contribution is 2.68. The number of nitrogens with zero attached hydrogens (tertiary/aromatic N) is 11. The Bertz CT molecular complexity index is 3420. The van der Waals surface area contributed by atoms with E-state index < -0.39 is 142 Å². The Balaban J connectivity index is 0.865. The van der Waals surface area contributed by atoms with E-state index in [9.17, 15) is 63.1 Å². The summed E-state index contributed by atoms with van der Waals surface area (Å²) in [5, 5.41) is 45.3. The van der Waals surface area contributed by atoms with Crippen molar-refractivity contribution in [3.8, 4) is 5.88 Å². The van der Waals surface area contributed by atoms with Crippen LogP contribution in [0.5, 0.6) is 5.88 Å². The first-order valence-corrected chi connectivity index (χ1v) is 27.5. The number of imidazole rings is 3. The number of H-pyrrole nitrogens is 1. The summed E-state index contributed by atoms with van der Waals surface area (Å²) in [7, 11) is -19.7. The predicted octanol–water partition coefficient (Wildman–Crippen LogP) is -4.28. The SMILES string of the molecule is CO[C@@H]1[C@H](OP(=O)(O)OC[C@H]2O[C@@H](n3cnc4c(=O)[nH]c(N)nc43)[C@H](O)[C@@H]2O)[C@@H](COP(=O)(O)OP(=O)(O)OP(=O)(O)OC[C@H]2O[C@@H]([n+]3cn(C)c4c([O-])nc(N)nc43)[C@H](O)[C@@H]2OC)O[C@H]1n1cnc2c(N)ncnc21. The van der Waals surface area contributed by atoms with Crippen LogP contribution in [0.3, 0.4) is 0 Å². The molecule has 43 heteroatoms. The van der Waals surface area contributed by atoms with Crippen molar-refractivity contribution in [2.24, 2.45) is 7.05 Å². The first kappa shape index (κ1) is 55.6. The fourth-order valence-corrected chi connectivity index (χ4v) is 13.0. The first-order valence-electron chi connectivity index (χ1n) is 21.5. The zero-order valence-electron chi connectivity index (χ0n) is 38.9. The summed E-state index contributed by atoms with van der Waals surface area (Å²) in [5.41, 5.74) is 16.1. The fraction of sp³-hybridized carbons (Fsp3) is 0.545. The number of nitrogens with one attached hydrogen (secondary N) is 1. The van der Waals surface area contributed by atoms with Gasteiger partial charge in [-0.2, -0.15) is 13.6 Å². The van der Waals surface area contributed by atoms with E-state index in [0.29, 0.717) is 0 Å². The van der Waals surface area contributed by atoms with Gasteiger partial charge in [0.1, 0.15) is 66.8 Å². The van der Waals surface area contributed by atoms with E-state index in [1.54, 1.807) is 0 Å². The second-order valence-electron chi connectivity index (χ2n) is 16.6. The van der Waals surface area contributed by atoms with Gasteiger partial charge in [0.05, 0.1) is 39.5 Å². The van der Waals surface area contributed by atoms with E-state index in [4.69, 9.17) is 59.0 Å². The molecule has 0 radical (unpaired) electrons. The van der Waals surface area contributed by atoms with Crippen LogP contribution in [0.4, 0.5) is 17.7 Å². The number of fused-ring (bicyclic) bond motifs is 3. The van der Waals surface area contributed by atoms with Crippen molar-refractivity contribution < 1.29 is 113 Å². The molecule has 4 unspecified atom stereocenters. The maximum absolute atomic E-state index is 13.7. The predicted molar refractivity (Wildman–Crippen MR) is 240 cm³/mol. The number of nitrogen functional groups attached to an aromatic ring is 3. The molecule has 0 spiro atoms. The molecule has 9 heterocycles. The van der Waals surface area contributed by atoms with Gasteiger partial charge < -0.3 is 80.9 Å². The zero-order chi connectivity index (χ0) is 55.0. The Kier molecular flexibility index (Phi) is 15.3. The molecular formula is C33H45N15O24P4. The normalized spacial score (nSPS) is 30.2. The van der Waals surface area contributed by atoms with Crippen molar-refractivity contribution in [2.45, 2.75) is 73.6 Å². The van der Waals surface area contributed by atoms with Crippen LogP contribution in [-0.2, 0) is 75.7 Å². The minimum absolute atomic E-state index is 0.0126. The van der Waals surface area contributed by atoms with Crippen molar-refractivity contribution in [3.63, 3.8) is 0 Å². The number of phosphoric ester groups is 3. The lowest BCUT2D eigenvalue weighted by Crippen LogP contribution is -2.46. The van der Waals surface area contributed by atoms with Gasteiger partial charge in [-0.15, -0.1) is 0 Å². The quantitative estimate of drug-likeness (QED) is 0.0255. The van der Waals surface area contributed by atoms with E-state index in [0.717, 1.165) is 37.8 Å². The van der Waals surface area contributed by atoms with Crippen LogP contribution in [-0.4, -0.2) is 177 Å². The molecule has 16 atom stereocenters. The molecule has 0 aromatic carbocycles. The molecule has 0 aliphatic carbocycles. The second kappa shape index (κ2) is 20.9. The maximum atomic E-state index is 13.7. The van der Waals surface area contributed by atoms with Gasteiger partial charge >= 0.3 is 36.9 Å². The third-order valence-corrected chi connectivity index (χ3v) is 17.0. The topological polar surface area (TPSA) is 554 Å². The molecule has 14 N–H and O–H groups in total. The molecule has 6 aromatic heterocycles. The average Bonchev–Trinajstić information content (AvgIpc) is 4.18. The van der Waals surface area contributed by atoms with Crippen LogP contribution in [0, 0.1) is 0 Å². The van der Waals surface area contributed by atoms with Crippen LogP contribution in [0.15, 0.2) is 30.1 Å². The van der Waals surface area contributed by atoms with E-state index in [-0.39, 0.29) is 45.3 Å². The smallest absolute Gasteiger partial charge is 0.490 e. The Morgan fingerprint density at radius 2 is 1.30 bits per heavy atom. The number of aromatic amines is 1. The van der Waals surface area contributed by atoms with Gasteiger partial charge in [0, 0.05) is 20.1 Å².